The second-order valence-corrected chi connectivity index (χ2v) is 9.40. The molecular formula is C19H27N3O3S. The van der Waals surface area contributed by atoms with Gasteiger partial charge in [-0.2, -0.15) is 0 Å². The smallest absolute Gasteiger partial charge is 0.307 e. The molecule has 0 saturated carbocycles. The molecule has 142 valence electrons. The number of sulfonamides is 1. The van der Waals surface area contributed by atoms with Crippen molar-refractivity contribution in [2.45, 2.75) is 57.8 Å². The van der Waals surface area contributed by atoms with Gasteiger partial charge in [0.05, 0.1) is 0 Å². The fourth-order valence-corrected chi connectivity index (χ4v) is 5.75. The average molecular weight is 378 g/mol. The molecule has 1 aliphatic heterocycles. The van der Waals surface area contributed by atoms with Gasteiger partial charge in [-0.1, -0.05) is 12.5 Å². The van der Waals surface area contributed by atoms with E-state index in [2.05, 4.69) is 16.1 Å². The number of nitrogens with one attached hydrogen (secondary N) is 2. The summed E-state index contributed by atoms with van der Waals surface area (Å²) in [5.41, 5.74) is 5.91. The molecule has 4 rings (SSSR count). The lowest BCUT2D eigenvalue weighted by Crippen LogP contribution is -2.43. The van der Waals surface area contributed by atoms with Gasteiger partial charge in [-0.15, -0.1) is 0 Å². The van der Waals surface area contributed by atoms with Gasteiger partial charge >= 0.3 is 6.03 Å². The van der Waals surface area contributed by atoms with E-state index in [1.165, 1.54) is 22.3 Å². The Morgan fingerprint density at radius 2 is 1.54 bits per heavy atom. The molecule has 1 aromatic rings. The topological polar surface area (TPSA) is 78.5 Å². The second-order valence-electron chi connectivity index (χ2n) is 7.71. The molecule has 0 spiro atoms. The first-order valence-corrected chi connectivity index (χ1v) is 11.4. The first-order chi connectivity index (χ1) is 12.5. The van der Waals surface area contributed by atoms with Crippen LogP contribution >= 0.6 is 0 Å². The Balaban J connectivity index is 1.47. The molecule has 0 unspecified atom stereocenters. The van der Waals surface area contributed by atoms with Gasteiger partial charge in [-0.05, 0) is 86.7 Å². The van der Waals surface area contributed by atoms with Crippen LogP contribution in [0.2, 0.25) is 0 Å². The molecule has 3 aliphatic rings. The van der Waals surface area contributed by atoms with Crippen LogP contribution in [0.3, 0.4) is 0 Å². The van der Waals surface area contributed by atoms with E-state index in [0.717, 1.165) is 76.6 Å². The van der Waals surface area contributed by atoms with Crippen LogP contribution in [0.5, 0.6) is 0 Å². The fraction of sp³-hybridized carbons (Fsp3) is 0.632. The summed E-state index contributed by atoms with van der Waals surface area (Å²) in [6.07, 6.45) is 9.39. The molecule has 1 saturated heterocycles. The van der Waals surface area contributed by atoms with Gasteiger partial charge in [0.2, 0.25) is 10.0 Å². The van der Waals surface area contributed by atoms with Gasteiger partial charge in [-0.3, -0.25) is 4.90 Å². The Hall–Kier alpha value is -1.60. The van der Waals surface area contributed by atoms with Gasteiger partial charge < -0.3 is 5.32 Å². The fourth-order valence-electron chi connectivity index (χ4n) is 4.61. The normalized spacial score (nSPS) is 19.8. The maximum Gasteiger partial charge on any atom is 0.332 e. The quantitative estimate of drug-likeness (QED) is 0.845. The van der Waals surface area contributed by atoms with E-state index in [1.54, 1.807) is 0 Å². The molecule has 0 atom stereocenters. The average Bonchev–Trinajstić information content (AvgIpc) is 3.23. The van der Waals surface area contributed by atoms with Crippen molar-refractivity contribution in [2.24, 2.45) is 0 Å². The van der Waals surface area contributed by atoms with Crippen LogP contribution in [0.15, 0.2) is 6.07 Å². The summed E-state index contributed by atoms with van der Waals surface area (Å²) in [6.45, 7) is 1.56. The number of benzene rings is 1. The number of amides is 2. The first-order valence-electron chi connectivity index (χ1n) is 9.72. The molecule has 0 bridgehead atoms. The minimum atomic E-state index is -3.66. The number of hydrogen-bond donors (Lipinski definition) is 2. The van der Waals surface area contributed by atoms with Crippen molar-refractivity contribution in [3.8, 4) is 0 Å². The lowest BCUT2D eigenvalue weighted by atomic mass is 9.99. The van der Waals surface area contributed by atoms with E-state index in [4.69, 9.17) is 0 Å². The number of fused-ring (bicyclic) bond motifs is 2. The summed E-state index contributed by atoms with van der Waals surface area (Å²) in [6, 6.07) is 1.66. The summed E-state index contributed by atoms with van der Waals surface area (Å²) in [5.74, 6) is -0.106. The summed E-state index contributed by atoms with van der Waals surface area (Å²) in [5, 5.41) is 2.89. The highest BCUT2D eigenvalue weighted by Crippen LogP contribution is 2.38. The van der Waals surface area contributed by atoms with Crippen molar-refractivity contribution in [3.63, 3.8) is 0 Å². The predicted molar refractivity (Wildman–Crippen MR) is 102 cm³/mol. The van der Waals surface area contributed by atoms with E-state index in [9.17, 15) is 13.2 Å². The highest BCUT2D eigenvalue weighted by atomic mass is 32.2. The number of likely N-dealkylation sites (tertiary alicyclic amines) is 1. The Morgan fingerprint density at radius 3 is 2.15 bits per heavy atom. The number of anilines is 1. The summed E-state index contributed by atoms with van der Waals surface area (Å²) in [4.78, 5) is 14.3. The molecule has 2 aliphatic carbocycles. The maximum atomic E-state index is 12.4. The van der Waals surface area contributed by atoms with Gasteiger partial charge in [0.1, 0.15) is 5.88 Å². The van der Waals surface area contributed by atoms with E-state index in [0.29, 0.717) is 0 Å². The molecule has 2 amide bonds. The van der Waals surface area contributed by atoms with Gasteiger partial charge in [0.25, 0.3) is 0 Å². The van der Waals surface area contributed by atoms with Crippen molar-refractivity contribution >= 4 is 21.7 Å². The van der Waals surface area contributed by atoms with Crippen LogP contribution in [0, 0.1) is 0 Å². The molecule has 6 nitrogen and oxygen atoms in total. The molecule has 0 radical (unpaired) electrons. The number of urea groups is 1. The van der Waals surface area contributed by atoms with E-state index >= 15 is 0 Å². The standard InChI is InChI=1S/C19H27N3O3S/c23-19(21-26(24,25)13-22-10-2-1-3-11-22)20-18-16-8-4-6-14(16)12-15-7-5-9-17(15)18/h12H,1-11,13H2,(H2,20,21,23). The third-order valence-corrected chi connectivity index (χ3v) is 6.96. The SMILES string of the molecule is O=C(Nc1c2c(cc3c1CCC3)CCC2)NS(=O)(=O)CN1CCCCC1. The molecule has 1 heterocycles. The van der Waals surface area contributed by atoms with E-state index in [-0.39, 0.29) is 5.88 Å². The van der Waals surface area contributed by atoms with Crippen LogP contribution in [0.1, 0.15) is 54.4 Å². The highest BCUT2D eigenvalue weighted by Gasteiger charge is 2.26. The number of carbonyl (C=O) groups excluding carboxylic acids is 1. The van der Waals surface area contributed by atoms with Crippen LogP contribution < -0.4 is 10.0 Å². The zero-order valence-electron chi connectivity index (χ0n) is 15.1. The Labute approximate surface area is 155 Å². The van der Waals surface area contributed by atoms with Crippen molar-refractivity contribution in [1.82, 2.24) is 9.62 Å². The molecular weight excluding hydrogens is 350 g/mol. The molecule has 1 aromatic carbocycles. The lowest BCUT2D eigenvalue weighted by molar-refractivity contribution is 0.252. The van der Waals surface area contributed by atoms with Gasteiger partial charge in [0.15, 0.2) is 0 Å². The Kier molecular flexibility index (Phi) is 4.92. The maximum absolute atomic E-state index is 12.4. The van der Waals surface area contributed by atoms with Crippen molar-refractivity contribution in [2.75, 3.05) is 24.3 Å². The minimum Gasteiger partial charge on any atom is -0.307 e. The van der Waals surface area contributed by atoms with Crippen LogP contribution in [0.25, 0.3) is 0 Å². The zero-order valence-corrected chi connectivity index (χ0v) is 16.0. The van der Waals surface area contributed by atoms with Crippen molar-refractivity contribution in [1.29, 1.82) is 0 Å². The van der Waals surface area contributed by atoms with Gasteiger partial charge in [-0.25, -0.2) is 17.9 Å². The third-order valence-electron chi connectivity index (χ3n) is 5.76. The number of aryl methyl sites for hydroxylation is 2. The van der Waals surface area contributed by atoms with Crippen molar-refractivity contribution < 1.29 is 13.2 Å². The zero-order chi connectivity index (χ0) is 18.1. The highest BCUT2D eigenvalue weighted by molar-refractivity contribution is 7.89. The summed E-state index contributed by atoms with van der Waals surface area (Å²) < 4.78 is 26.9. The Bertz CT molecular complexity index is 782. The molecule has 0 aromatic heterocycles. The number of hydrogen-bond acceptors (Lipinski definition) is 4. The second kappa shape index (κ2) is 7.19. The number of carbonyl (C=O) groups is 1. The summed E-state index contributed by atoms with van der Waals surface area (Å²) >= 11 is 0. The van der Waals surface area contributed by atoms with Gasteiger partial charge in [0, 0.05) is 5.69 Å². The van der Waals surface area contributed by atoms with Crippen molar-refractivity contribution in [3.05, 3.63) is 28.3 Å². The molecule has 2 N–H and O–H groups in total. The van der Waals surface area contributed by atoms with Crippen LogP contribution in [-0.2, 0) is 35.7 Å². The minimum absolute atomic E-state index is 0.106. The van der Waals surface area contributed by atoms with Crippen LogP contribution in [0.4, 0.5) is 10.5 Å². The number of nitrogens with zero attached hydrogens (tertiary/aromatic N) is 1. The lowest BCUT2D eigenvalue weighted by Gasteiger charge is -2.26. The number of rotatable bonds is 4. The molecule has 7 heteroatoms. The Morgan fingerprint density at radius 1 is 0.923 bits per heavy atom. The van der Waals surface area contributed by atoms with E-state index in [1.807, 2.05) is 4.90 Å². The predicted octanol–water partition coefficient (Wildman–Crippen LogP) is 2.56. The largest absolute Gasteiger partial charge is 0.332 e. The monoisotopic (exact) mass is 377 g/mol. The molecule has 26 heavy (non-hydrogen) atoms. The third kappa shape index (κ3) is 3.74. The van der Waals surface area contributed by atoms with E-state index < -0.39 is 16.1 Å². The number of piperidine rings is 1. The first kappa shape index (κ1) is 17.8. The summed E-state index contributed by atoms with van der Waals surface area (Å²) in [7, 11) is -3.66. The molecule has 1 fully saturated rings. The van der Waals surface area contributed by atoms with Crippen LogP contribution in [-0.4, -0.2) is 38.3 Å².